The number of ether oxygens (including phenoxy) is 4. The third-order valence-corrected chi connectivity index (χ3v) is 30.2. The molecule has 2 heterocycles. The van der Waals surface area contributed by atoms with Crippen LogP contribution in [0.15, 0.2) is 492 Å². The average Bonchev–Trinajstić information content (AvgIpc) is 1.55. The lowest BCUT2D eigenvalue weighted by Gasteiger charge is -2.34. The van der Waals surface area contributed by atoms with E-state index in [0.717, 1.165) is 153 Å². The molecule has 0 fully saturated rings. The predicted octanol–water partition coefficient (Wildman–Crippen LogP) is 35.1. The summed E-state index contributed by atoms with van der Waals surface area (Å²) in [6.45, 7) is 13.1. The SMILES string of the molecule is C=Cc1ccc(OCCC2(c3ccccc3)c3ccccc3-c3ccc(N(c4ccc(-c5ccc6c(c5)c5ccccc5n6-c5ccc(COCc6ccc(COCc7ccc(-n8c9ccccc9c9cc(-c%10ccc(N(c%11ccc%12c(c%11)C(CCOc%11ccc(C=C)c(C)c%11)(c%11ccccc%11)c%11ccccc%11-%12)c%11cccc%12ccccc%11%12)cc%10)ccc98)cc7)cc6)cc5)cc4)c4cccc5ccccc45)cc32)cc1. The Balaban J connectivity index is 0.421. The van der Waals surface area contributed by atoms with E-state index in [1.165, 1.54) is 98.7 Å². The molecule has 2 atom stereocenters. The molecule has 0 amide bonds. The summed E-state index contributed by atoms with van der Waals surface area (Å²) in [5.74, 6) is 1.70. The maximum atomic E-state index is 6.74. The number of hydrogen-bond acceptors (Lipinski definition) is 6. The van der Waals surface area contributed by atoms with Gasteiger partial charge in [0, 0.05) is 77.3 Å². The largest absolute Gasteiger partial charge is 0.494 e. The summed E-state index contributed by atoms with van der Waals surface area (Å²) < 4.78 is 31.0. The summed E-state index contributed by atoms with van der Waals surface area (Å²) in [5, 5.41) is 9.51. The summed E-state index contributed by atoms with van der Waals surface area (Å²) >= 11 is 0. The molecule has 2 aliphatic carbocycles. The van der Waals surface area contributed by atoms with Gasteiger partial charge in [0.15, 0.2) is 0 Å². The van der Waals surface area contributed by atoms with Crippen molar-refractivity contribution in [1.29, 1.82) is 0 Å². The Morgan fingerprint density at radius 3 is 1.08 bits per heavy atom. The van der Waals surface area contributed by atoms with E-state index in [1.54, 1.807) is 0 Å². The van der Waals surface area contributed by atoms with E-state index in [9.17, 15) is 0 Å². The van der Waals surface area contributed by atoms with Crippen LogP contribution in [0.3, 0.4) is 0 Å². The minimum Gasteiger partial charge on any atom is -0.494 e. The fourth-order valence-electron chi connectivity index (χ4n) is 23.1. The predicted molar refractivity (Wildman–Crippen MR) is 602 cm³/mol. The Kier molecular flexibility index (Phi) is 23.3. The van der Waals surface area contributed by atoms with Gasteiger partial charge in [0.25, 0.3) is 0 Å². The topological polar surface area (TPSA) is 53.3 Å². The van der Waals surface area contributed by atoms with Crippen LogP contribution < -0.4 is 19.3 Å². The standard InChI is InChI=1S/C137H104N4O4/c1-4-94-54-73-114(74-55-94)144-82-80-136(106-30-8-6-9-31-106)126-40-20-16-36-118(126)120-76-71-112(87-128(120)136)138(130-44-24-28-102-26-12-14-34-116(102)130)108-67-56-100(57-68-108)104-61-78-134-124(85-104)122-38-18-22-42-132(122)140(134)110-63-50-97(51-64-110)91-142-89-95-46-48-96(49-47-95)90-143-92-98-52-65-111(66-53-98)141-133-43-23-19-39-123(133)125-86-105(62-79-135(125)141)101-58-69-109(70-59-101)139(131-45-25-29-103-27-13-15-35-117(103)131)113-72-77-121-119-37-17-21-41-127(119)137(129(121)88-113,107-32-10-7-11-33-107)81-83-145-115-75-60-99(5-2)93(3)84-115/h4-79,84-88H,1-2,80-83,89-92H2,3H3. The van der Waals surface area contributed by atoms with E-state index in [0.29, 0.717) is 39.6 Å². The number of hydrogen-bond donors (Lipinski definition) is 0. The van der Waals surface area contributed by atoms with Crippen LogP contribution in [0.5, 0.6) is 11.5 Å². The zero-order valence-corrected chi connectivity index (χ0v) is 80.8. The number of anilines is 6. The van der Waals surface area contributed by atoms with E-state index in [4.69, 9.17) is 18.9 Å². The van der Waals surface area contributed by atoms with E-state index < -0.39 is 10.8 Å². The van der Waals surface area contributed by atoms with E-state index in [1.807, 2.05) is 24.3 Å². The van der Waals surface area contributed by atoms with Crippen LogP contribution >= 0.6 is 0 Å². The first-order chi connectivity index (χ1) is 71.7. The van der Waals surface area contributed by atoms with E-state index in [2.05, 4.69) is 506 Å². The lowest BCUT2D eigenvalue weighted by Crippen LogP contribution is -2.29. The highest BCUT2D eigenvalue weighted by atomic mass is 16.5. The van der Waals surface area contributed by atoms with Gasteiger partial charge < -0.3 is 37.9 Å². The van der Waals surface area contributed by atoms with Crippen LogP contribution in [-0.4, -0.2) is 22.3 Å². The maximum absolute atomic E-state index is 6.74. The van der Waals surface area contributed by atoms with Crippen LogP contribution in [0.4, 0.5) is 34.1 Å². The monoisotopic (exact) mass is 1870 g/mol. The van der Waals surface area contributed by atoms with Gasteiger partial charge in [0.05, 0.1) is 73.1 Å². The Labute approximate surface area is 845 Å². The first-order valence-electron chi connectivity index (χ1n) is 50.2. The van der Waals surface area contributed by atoms with Gasteiger partial charge in [-0.25, -0.2) is 0 Å². The van der Waals surface area contributed by atoms with Crippen molar-refractivity contribution in [1.82, 2.24) is 9.13 Å². The number of rotatable bonds is 30. The molecule has 2 unspecified atom stereocenters. The van der Waals surface area contributed by atoms with Crippen LogP contribution in [0, 0.1) is 6.92 Å². The Morgan fingerprint density at radius 1 is 0.269 bits per heavy atom. The molecule has 8 nitrogen and oxygen atoms in total. The van der Waals surface area contributed by atoms with Gasteiger partial charge >= 0.3 is 0 Å². The Hall–Kier alpha value is -17.7. The summed E-state index contributed by atoms with van der Waals surface area (Å²) in [7, 11) is 0. The van der Waals surface area contributed by atoms with Crippen molar-refractivity contribution >= 4 is 111 Å². The molecule has 0 bridgehead atoms. The minimum absolute atomic E-state index is 0.486. The molecule has 0 saturated heterocycles. The summed E-state index contributed by atoms with van der Waals surface area (Å²) in [4.78, 5) is 4.90. The molecule has 0 aliphatic heterocycles. The summed E-state index contributed by atoms with van der Waals surface area (Å²) in [6, 6.07) is 176. The quantitative estimate of drug-likeness (QED) is 0.0447. The Morgan fingerprint density at radius 2 is 0.634 bits per heavy atom. The summed E-state index contributed by atoms with van der Waals surface area (Å²) in [5.41, 5.74) is 37.2. The van der Waals surface area contributed by atoms with Crippen LogP contribution in [0.2, 0.25) is 0 Å². The van der Waals surface area contributed by atoms with Gasteiger partial charge in [-0.05, 0) is 293 Å². The number of fused-ring (bicyclic) bond motifs is 14. The van der Waals surface area contributed by atoms with Gasteiger partial charge in [-0.15, -0.1) is 0 Å². The third-order valence-electron chi connectivity index (χ3n) is 30.2. The molecular formula is C137H104N4O4. The Bertz CT molecular complexity index is 8800. The maximum Gasteiger partial charge on any atom is 0.119 e. The van der Waals surface area contributed by atoms with Crippen molar-refractivity contribution < 1.29 is 18.9 Å². The molecule has 21 aromatic carbocycles. The molecule has 25 rings (SSSR count). The molecule has 0 radical (unpaired) electrons. The van der Waals surface area contributed by atoms with E-state index in [-0.39, 0.29) is 0 Å². The molecule has 23 aromatic rings. The molecule has 8 heteroatoms. The second-order valence-electron chi connectivity index (χ2n) is 38.4. The first-order valence-corrected chi connectivity index (χ1v) is 50.2. The minimum atomic E-state index is -0.504. The molecular weight excluding hydrogens is 1770 g/mol. The second kappa shape index (κ2) is 38.1. The van der Waals surface area contributed by atoms with Crippen LogP contribution in [0.1, 0.15) is 85.2 Å². The van der Waals surface area contributed by atoms with Crippen molar-refractivity contribution in [2.24, 2.45) is 0 Å². The first kappa shape index (κ1) is 88.7. The van der Waals surface area contributed by atoms with Gasteiger partial charge in [-0.3, -0.25) is 0 Å². The highest BCUT2D eigenvalue weighted by Crippen LogP contribution is 2.59. The van der Waals surface area contributed by atoms with Gasteiger partial charge in [0.2, 0.25) is 0 Å². The smallest absolute Gasteiger partial charge is 0.119 e. The van der Waals surface area contributed by atoms with Crippen molar-refractivity contribution in [3.63, 3.8) is 0 Å². The molecule has 2 aliphatic rings. The lowest BCUT2D eigenvalue weighted by atomic mass is 9.70. The van der Waals surface area contributed by atoms with Crippen molar-refractivity contribution in [2.45, 2.75) is 57.0 Å². The number of aromatic nitrogens is 2. The number of aryl methyl sites for hydroxylation is 1. The van der Waals surface area contributed by atoms with Crippen molar-refractivity contribution in [3.8, 4) is 67.4 Å². The molecule has 0 saturated carbocycles. The van der Waals surface area contributed by atoms with Crippen molar-refractivity contribution in [3.05, 3.63) is 565 Å². The zero-order valence-electron chi connectivity index (χ0n) is 80.8. The third kappa shape index (κ3) is 16.2. The number of benzene rings is 21. The van der Waals surface area contributed by atoms with Crippen molar-refractivity contribution in [2.75, 3.05) is 23.0 Å². The van der Waals surface area contributed by atoms with Gasteiger partial charge in [-0.2, -0.15) is 0 Å². The number of nitrogens with zero attached hydrogens (tertiary/aromatic N) is 4. The summed E-state index contributed by atoms with van der Waals surface area (Å²) in [6.07, 6.45) is 5.23. The highest BCUT2D eigenvalue weighted by Gasteiger charge is 2.47. The second-order valence-corrected chi connectivity index (χ2v) is 38.4. The molecule has 145 heavy (non-hydrogen) atoms. The normalized spacial score (nSPS) is 13.9. The van der Waals surface area contributed by atoms with Gasteiger partial charge in [0.1, 0.15) is 11.5 Å². The molecule has 0 spiro atoms. The zero-order chi connectivity index (χ0) is 96.9. The fraction of sp³-hybridized carbons (Fsp3) is 0.0803. The molecule has 696 valence electrons. The van der Waals surface area contributed by atoms with Gasteiger partial charge in [-0.1, -0.05) is 359 Å². The number of para-hydroxylation sites is 2. The van der Waals surface area contributed by atoms with Crippen LogP contribution in [0.25, 0.3) is 133 Å². The average molecular weight is 1870 g/mol. The van der Waals surface area contributed by atoms with E-state index >= 15 is 0 Å². The molecule has 0 N–H and O–H groups in total. The molecule has 2 aromatic heterocycles. The fourth-order valence-corrected chi connectivity index (χ4v) is 23.1. The lowest BCUT2D eigenvalue weighted by molar-refractivity contribution is 0.105. The van der Waals surface area contributed by atoms with Crippen LogP contribution in [-0.2, 0) is 46.7 Å². The highest BCUT2D eigenvalue weighted by molar-refractivity contribution is 6.12.